The smallest absolute Gasteiger partial charge is 0.319 e. The lowest BCUT2D eigenvalue weighted by Gasteiger charge is -2.16. The summed E-state index contributed by atoms with van der Waals surface area (Å²) in [6, 6.07) is 21.7. The van der Waals surface area contributed by atoms with Crippen LogP contribution in [0.4, 0.5) is 16.2 Å². The first-order chi connectivity index (χ1) is 18.0. The highest BCUT2D eigenvalue weighted by Crippen LogP contribution is 2.24. The summed E-state index contributed by atoms with van der Waals surface area (Å²) < 4.78 is 33.3. The largest absolute Gasteiger partial charge is 0.337 e. The van der Waals surface area contributed by atoms with Crippen LogP contribution in [0.3, 0.4) is 0 Å². The van der Waals surface area contributed by atoms with Crippen LogP contribution in [-0.2, 0) is 21.9 Å². The fourth-order valence-corrected chi connectivity index (χ4v) is 4.67. The molecule has 0 spiro atoms. The van der Waals surface area contributed by atoms with Gasteiger partial charge in [0.15, 0.2) is 5.82 Å². The maximum atomic E-state index is 12.9. The molecule has 1 heterocycles. The van der Waals surface area contributed by atoms with Crippen molar-refractivity contribution in [1.82, 2.24) is 15.5 Å². The molecule has 0 aliphatic rings. The first kappa shape index (κ1) is 26.9. The molecule has 0 saturated carbocycles. The summed E-state index contributed by atoms with van der Waals surface area (Å²) in [4.78, 5) is 17.6. The van der Waals surface area contributed by atoms with Gasteiger partial charge in [0.2, 0.25) is 5.89 Å². The van der Waals surface area contributed by atoms with Crippen LogP contribution in [0, 0.1) is 6.92 Å². The Morgan fingerprint density at radius 2 is 1.55 bits per heavy atom. The van der Waals surface area contributed by atoms with E-state index >= 15 is 0 Å². The normalized spacial score (nSPS) is 12.5. The summed E-state index contributed by atoms with van der Waals surface area (Å²) in [5.41, 5.74) is 2.53. The highest BCUT2D eigenvalue weighted by molar-refractivity contribution is 7.92. The Kier molecular flexibility index (Phi) is 7.82. The van der Waals surface area contributed by atoms with E-state index < -0.39 is 22.1 Å². The molecule has 0 radical (unpaired) electrons. The molecule has 198 valence electrons. The first-order valence-corrected chi connectivity index (χ1v) is 13.6. The number of urea groups is 1. The van der Waals surface area contributed by atoms with Crippen LogP contribution >= 0.6 is 0 Å². The van der Waals surface area contributed by atoms with E-state index in [2.05, 4.69) is 25.5 Å². The molecule has 10 heteroatoms. The lowest BCUT2D eigenvalue weighted by Crippen LogP contribution is -2.34. The Hall–Kier alpha value is -4.18. The van der Waals surface area contributed by atoms with Gasteiger partial charge in [0.1, 0.15) is 6.04 Å². The van der Waals surface area contributed by atoms with Crippen LogP contribution in [0.5, 0.6) is 0 Å². The van der Waals surface area contributed by atoms with Crippen molar-refractivity contribution < 1.29 is 17.7 Å². The van der Waals surface area contributed by atoms with E-state index in [1.165, 1.54) is 0 Å². The third kappa shape index (κ3) is 6.98. The Morgan fingerprint density at radius 1 is 0.921 bits per heavy atom. The van der Waals surface area contributed by atoms with Gasteiger partial charge in [-0.15, -0.1) is 0 Å². The Bertz CT molecular complexity index is 1480. The summed E-state index contributed by atoms with van der Waals surface area (Å²) in [5, 5.41) is 9.78. The van der Waals surface area contributed by atoms with Crippen molar-refractivity contribution in [2.24, 2.45) is 0 Å². The minimum absolute atomic E-state index is 0.171. The van der Waals surface area contributed by atoms with E-state index in [-0.39, 0.29) is 10.3 Å². The molecule has 4 aromatic rings. The number of aromatic nitrogens is 2. The molecule has 38 heavy (non-hydrogen) atoms. The maximum absolute atomic E-state index is 12.9. The van der Waals surface area contributed by atoms with Gasteiger partial charge in [0.05, 0.1) is 4.90 Å². The number of nitrogens with one attached hydrogen (secondary N) is 3. The molecule has 0 fully saturated rings. The van der Waals surface area contributed by atoms with Gasteiger partial charge in [-0.1, -0.05) is 74.0 Å². The Balaban J connectivity index is 1.44. The summed E-state index contributed by atoms with van der Waals surface area (Å²) in [5.74, 6) is 0.867. The molecule has 9 nitrogen and oxygen atoms in total. The zero-order valence-corrected chi connectivity index (χ0v) is 22.5. The fourth-order valence-electron chi connectivity index (χ4n) is 3.61. The number of anilines is 2. The highest BCUT2D eigenvalue weighted by atomic mass is 32.2. The van der Waals surface area contributed by atoms with Gasteiger partial charge in [-0.05, 0) is 48.9 Å². The van der Waals surface area contributed by atoms with E-state index in [1.807, 2.05) is 58.0 Å². The second-order valence-electron chi connectivity index (χ2n) is 10.0. The number of hydrogen-bond donors (Lipinski definition) is 3. The minimum Gasteiger partial charge on any atom is -0.337 e. The lowest BCUT2D eigenvalue weighted by atomic mass is 9.96. The average molecular weight is 534 g/mol. The number of carbonyl (C=O) groups excluding carboxylic acids is 1. The van der Waals surface area contributed by atoms with Crippen LogP contribution in [0.2, 0.25) is 0 Å². The van der Waals surface area contributed by atoms with E-state index in [1.54, 1.807) is 48.5 Å². The molecule has 1 atom stereocenters. The van der Waals surface area contributed by atoms with Crippen molar-refractivity contribution >= 4 is 27.4 Å². The third-order valence-electron chi connectivity index (χ3n) is 5.72. The molecule has 0 aliphatic heterocycles. The zero-order valence-electron chi connectivity index (χ0n) is 21.7. The molecule has 0 unspecified atom stereocenters. The van der Waals surface area contributed by atoms with Crippen molar-refractivity contribution in [3.05, 3.63) is 102 Å². The molecule has 1 aromatic heterocycles. The summed E-state index contributed by atoms with van der Waals surface area (Å²) in [6.45, 7) is 7.84. The van der Waals surface area contributed by atoms with E-state index in [0.717, 1.165) is 11.1 Å². The van der Waals surface area contributed by atoms with Crippen LogP contribution < -0.4 is 15.4 Å². The van der Waals surface area contributed by atoms with E-state index in [0.29, 0.717) is 29.5 Å². The maximum Gasteiger partial charge on any atom is 0.319 e. The van der Waals surface area contributed by atoms with Gasteiger partial charge < -0.3 is 15.2 Å². The standard InChI is InChI=1S/C28H31N5O4S/c1-19-10-16-23(17-11-19)38(35,36)33-22-14-12-21(13-15-22)29-27(34)30-24(18-20-8-6-5-7-9-20)25-31-26(32-37-25)28(2,3)4/h5-17,24,33H,18H2,1-4H3,(H2,29,30,34)/t24-/m1/s1. The number of sulfonamides is 1. The molecule has 0 bridgehead atoms. The van der Waals surface area contributed by atoms with Gasteiger partial charge >= 0.3 is 6.03 Å². The number of nitrogens with zero attached hydrogens (tertiary/aromatic N) is 2. The van der Waals surface area contributed by atoms with Crippen molar-refractivity contribution in [3.8, 4) is 0 Å². The quantitative estimate of drug-likeness (QED) is 0.271. The van der Waals surface area contributed by atoms with Gasteiger partial charge in [-0.25, -0.2) is 13.2 Å². The van der Waals surface area contributed by atoms with Gasteiger partial charge in [-0.2, -0.15) is 4.98 Å². The third-order valence-corrected chi connectivity index (χ3v) is 7.12. The number of benzene rings is 3. The number of aryl methyl sites for hydroxylation is 1. The van der Waals surface area contributed by atoms with Gasteiger partial charge in [0.25, 0.3) is 10.0 Å². The fraction of sp³-hybridized carbons (Fsp3) is 0.250. The van der Waals surface area contributed by atoms with Gasteiger partial charge in [-0.3, -0.25) is 4.72 Å². The monoisotopic (exact) mass is 533 g/mol. The first-order valence-electron chi connectivity index (χ1n) is 12.1. The van der Waals surface area contributed by atoms with Crippen molar-refractivity contribution in [3.63, 3.8) is 0 Å². The molecule has 0 saturated heterocycles. The second kappa shape index (κ2) is 11.1. The topological polar surface area (TPSA) is 126 Å². The number of amides is 2. The summed E-state index contributed by atoms with van der Waals surface area (Å²) >= 11 is 0. The average Bonchev–Trinajstić information content (AvgIpc) is 3.37. The summed E-state index contributed by atoms with van der Waals surface area (Å²) in [7, 11) is -3.72. The van der Waals surface area contributed by atoms with Crippen LogP contribution in [0.1, 0.15) is 49.7 Å². The minimum atomic E-state index is -3.72. The van der Waals surface area contributed by atoms with Crippen LogP contribution in [0.15, 0.2) is 88.3 Å². The SMILES string of the molecule is Cc1ccc(S(=O)(=O)Nc2ccc(NC(=O)N[C@H](Cc3ccccc3)c3nc(C(C)(C)C)no3)cc2)cc1. The number of carbonyl (C=O) groups is 1. The Labute approximate surface area is 222 Å². The van der Waals surface area contributed by atoms with E-state index in [9.17, 15) is 13.2 Å². The molecule has 4 rings (SSSR count). The second-order valence-corrected chi connectivity index (χ2v) is 11.7. The molecule has 2 amide bonds. The summed E-state index contributed by atoms with van der Waals surface area (Å²) in [6.07, 6.45) is 0.458. The van der Waals surface area contributed by atoms with E-state index in [4.69, 9.17) is 4.52 Å². The molecular formula is C28H31N5O4S. The van der Waals surface area contributed by atoms with Crippen molar-refractivity contribution in [2.45, 2.75) is 50.5 Å². The van der Waals surface area contributed by atoms with Crippen molar-refractivity contribution in [1.29, 1.82) is 0 Å². The van der Waals surface area contributed by atoms with Crippen LogP contribution in [0.25, 0.3) is 0 Å². The zero-order chi connectivity index (χ0) is 27.3. The van der Waals surface area contributed by atoms with Crippen molar-refractivity contribution in [2.75, 3.05) is 10.0 Å². The highest BCUT2D eigenvalue weighted by Gasteiger charge is 2.26. The molecular weight excluding hydrogens is 502 g/mol. The van der Waals surface area contributed by atoms with Gasteiger partial charge in [0, 0.05) is 23.2 Å². The molecule has 3 aromatic carbocycles. The lowest BCUT2D eigenvalue weighted by molar-refractivity contribution is 0.243. The van der Waals surface area contributed by atoms with Crippen LogP contribution in [-0.4, -0.2) is 24.6 Å². The molecule has 0 aliphatic carbocycles. The number of hydrogen-bond acceptors (Lipinski definition) is 6. The Morgan fingerprint density at radius 3 is 2.16 bits per heavy atom. The molecule has 3 N–H and O–H groups in total. The number of rotatable bonds is 8. The predicted molar refractivity (Wildman–Crippen MR) is 146 cm³/mol. The predicted octanol–water partition coefficient (Wildman–Crippen LogP) is 5.58.